The fourth-order valence-corrected chi connectivity index (χ4v) is 4.68. The number of nitrogens with one attached hydrogen (secondary N) is 1. The predicted molar refractivity (Wildman–Crippen MR) is 137 cm³/mol. The molecule has 0 saturated carbocycles. The molecule has 2 atom stereocenters. The van der Waals surface area contributed by atoms with E-state index >= 15 is 0 Å². The van der Waals surface area contributed by atoms with Crippen molar-refractivity contribution in [2.45, 2.75) is 59.7 Å². The van der Waals surface area contributed by atoms with Crippen molar-refractivity contribution in [3.05, 3.63) is 64.2 Å². The highest BCUT2D eigenvalue weighted by Crippen LogP contribution is 2.24. The lowest BCUT2D eigenvalue weighted by atomic mass is 10.1. The lowest BCUT2D eigenvalue weighted by Gasteiger charge is -2.32. The maximum absolute atomic E-state index is 13.5. The second-order valence-corrected chi connectivity index (χ2v) is 11.0. The quantitative estimate of drug-likeness (QED) is 0.525. The Labute approximate surface area is 208 Å². The molecule has 0 bridgehead atoms. The number of rotatable bonds is 10. The zero-order chi connectivity index (χ0) is 25.6. The van der Waals surface area contributed by atoms with Gasteiger partial charge >= 0.3 is 0 Å². The Morgan fingerprint density at radius 3 is 2.32 bits per heavy atom. The van der Waals surface area contributed by atoms with E-state index in [9.17, 15) is 18.0 Å². The van der Waals surface area contributed by atoms with E-state index in [2.05, 4.69) is 5.32 Å². The van der Waals surface area contributed by atoms with Crippen molar-refractivity contribution in [2.75, 3.05) is 17.1 Å². The number of carbonyl (C=O) groups excluding carboxylic acids is 2. The molecule has 0 aromatic heterocycles. The van der Waals surface area contributed by atoms with E-state index in [0.29, 0.717) is 10.7 Å². The molecule has 0 radical (unpaired) electrons. The van der Waals surface area contributed by atoms with Crippen LogP contribution >= 0.6 is 11.6 Å². The van der Waals surface area contributed by atoms with Crippen LogP contribution in [0.3, 0.4) is 0 Å². The molecule has 2 amide bonds. The summed E-state index contributed by atoms with van der Waals surface area (Å²) in [5, 5.41) is 3.41. The minimum Gasteiger partial charge on any atom is -0.352 e. The van der Waals surface area contributed by atoms with E-state index in [1.807, 2.05) is 32.9 Å². The number of aryl methyl sites for hydroxylation is 2. The zero-order valence-corrected chi connectivity index (χ0v) is 22.2. The summed E-state index contributed by atoms with van der Waals surface area (Å²) in [5.41, 5.74) is 2.89. The summed E-state index contributed by atoms with van der Waals surface area (Å²) in [6.45, 7) is 8.89. The Hall–Kier alpha value is -2.58. The van der Waals surface area contributed by atoms with Gasteiger partial charge in [0.05, 0.1) is 11.9 Å². The number of halogens is 1. The molecule has 2 unspecified atom stereocenters. The lowest BCUT2D eigenvalue weighted by molar-refractivity contribution is -0.139. The second kappa shape index (κ2) is 11.7. The topological polar surface area (TPSA) is 86.8 Å². The van der Waals surface area contributed by atoms with E-state index in [1.165, 1.54) is 4.90 Å². The molecular formula is C25H34ClN3O4S. The van der Waals surface area contributed by atoms with Gasteiger partial charge in [-0.15, -0.1) is 0 Å². The Bertz CT molecular complexity index is 1140. The fraction of sp³-hybridized carbons (Fsp3) is 0.440. The minimum absolute atomic E-state index is 0.0548. The molecule has 1 N–H and O–H groups in total. The van der Waals surface area contributed by atoms with Crippen molar-refractivity contribution >= 4 is 39.1 Å². The van der Waals surface area contributed by atoms with E-state index in [-0.39, 0.29) is 18.5 Å². The number of amides is 2. The van der Waals surface area contributed by atoms with Gasteiger partial charge in [0.1, 0.15) is 12.6 Å². The molecular weight excluding hydrogens is 474 g/mol. The van der Waals surface area contributed by atoms with Crippen molar-refractivity contribution in [3.63, 3.8) is 0 Å². The van der Waals surface area contributed by atoms with Crippen LogP contribution in [0, 0.1) is 13.8 Å². The van der Waals surface area contributed by atoms with Crippen LogP contribution in [0.2, 0.25) is 5.02 Å². The maximum atomic E-state index is 13.5. The number of hydrogen-bond acceptors (Lipinski definition) is 4. The van der Waals surface area contributed by atoms with Gasteiger partial charge in [-0.25, -0.2) is 8.42 Å². The standard InChI is InChI=1S/C25H34ClN3O4S/c1-7-19(4)27-25(31)20(5)28(15-21-9-8-10-22(26)14-21)24(30)16-29(34(6,32)33)23-12-11-17(2)13-18(23)3/h8-14,19-20H,7,15-16H2,1-6H3,(H,27,31). The molecule has 0 aliphatic heterocycles. The number of carbonyl (C=O) groups is 2. The van der Waals surface area contributed by atoms with Gasteiger partial charge in [0.2, 0.25) is 21.8 Å². The molecule has 0 aliphatic carbocycles. The third-order valence-electron chi connectivity index (χ3n) is 5.71. The van der Waals surface area contributed by atoms with Gasteiger partial charge in [-0.3, -0.25) is 13.9 Å². The first-order chi connectivity index (χ1) is 15.8. The normalized spacial score (nSPS) is 13.1. The summed E-state index contributed by atoms with van der Waals surface area (Å²) in [7, 11) is -3.77. The van der Waals surface area contributed by atoms with Gasteiger partial charge in [-0.2, -0.15) is 0 Å². The van der Waals surface area contributed by atoms with E-state index in [1.54, 1.807) is 44.2 Å². The zero-order valence-electron chi connectivity index (χ0n) is 20.6. The highest BCUT2D eigenvalue weighted by Gasteiger charge is 2.31. The van der Waals surface area contributed by atoms with Gasteiger partial charge < -0.3 is 10.2 Å². The van der Waals surface area contributed by atoms with Crippen molar-refractivity contribution in [2.24, 2.45) is 0 Å². The first kappa shape index (κ1) is 27.7. The molecule has 0 aliphatic rings. The van der Waals surface area contributed by atoms with Crippen LogP contribution in [-0.4, -0.2) is 50.0 Å². The largest absolute Gasteiger partial charge is 0.352 e. The van der Waals surface area contributed by atoms with Crippen LogP contribution in [0.1, 0.15) is 43.9 Å². The average molecular weight is 508 g/mol. The van der Waals surface area contributed by atoms with Crippen LogP contribution in [0.25, 0.3) is 0 Å². The Morgan fingerprint density at radius 2 is 1.76 bits per heavy atom. The Kier molecular flexibility index (Phi) is 9.53. The molecule has 0 fully saturated rings. The highest BCUT2D eigenvalue weighted by atomic mass is 35.5. The molecule has 34 heavy (non-hydrogen) atoms. The van der Waals surface area contributed by atoms with Crippen molar-refractivity contribution < 1.29 is 18.0 Å². The summed E-state index contributed by atoms with van der Waals surface area (Å²) in [6.07, 6.45) is 1.81. The molecule has 2 aromatic carbocycles. The summed E-state index contributed by atoms with van der Waals surface area (Å²) in [6, 6.07) is 11.5. The third kappa shape index (κ3) is 7.46. The first-order valence-corrected chi connectivity index (χ1v) is 13.4. The molecule has 0 heterocycles. The maximum Gasteiger partial charge on any atom is 0.244 e. The fourth-order valence-electron chi connectivity index (χ4n) is 3.56. The van der Waals surface area contributed by atoms with Crippen LogP contribution in [0.4, 0.5) is 5.69 Å². The van der Waals surface area contributed by atoms with Crippen molar-refractivity contribution in [1.82, 2.24) is 10.2 Å². The van der Waals surface area contributed by atoms with E-state index < -0.39 is 28.5 Å². The number of benzene rings is 2. The molecule has 2 rings (SSSR count). The number of hydrogen-bond donors (Lipinski definition) is 1. The molecule has 186 valence electrons. The molecule has 9 heteroatoms. The molecule has 7 nitrogen and oxygen atoms in total. The van der Waals surface area contributed by atoms with Crippen LogP contribution in [0.5, 0.6) is 0 Å². The van der Waals surface area contributed by atoms with E-state index in [0.717, 1.165) is 33.7 Å². The Balaban J connectivity index is 2.42. The first-order valence-electron chi connectivity index (χ1n) is 11.2. The lowest BCUT2D eigenvalue weighted by Crippen LogP contribution is -2.52. The number of sulfonamides is 1. The third-order valence-corrected chi connectivity index (χ3v) is 7.07. The molecule has 0 spiro atoms. The van der Waals surface area contributed by atoms with Gasteiger partial charge in [0.25, 0.3) is 0 Å². The smallest absolute Gasteiger partial charge is 0.244 e. The average Bonchev–Trinajstić information content (AvgIpc) is 2.74. The predicted octanol–water partition coefficient (Wildman–Crippen LogP) is 4.05. The van der Waals surface area contributed by atoms with Crippen LogP contribution in [0.15, 0.2) is 42.5 Å². The molecule has 2 aromatic rings. The second-order valence-electron chi connectivity index (χ2n) is 8.70. The van der Waals surface area contributed by atoms with Gasteiger partial charge in [-0.1, -0.05) is 48.4 Å². The SMILES string of the molecule is CCC(C)NC(=O)C(C)N(Cc1cccc(Cl)c1)C(=O)CN(c1ccc(C)cc1C)S(C)(=O)=O. The van der Waals surface area contributed by atoms with Crippen LogP contribution in [-0.2, 0) is 26.2 Å². The summed E-state index contributed by atoms with van der Waals surface area (Å²) in [4.78, 5) is 27.8. The van der Waals surface area contributed by atoms with E-state index in [4.69, 9.17) is 11.6 Å². The highest BCUT2D eigenvalue weighted by molar-refractivity contribution is 7.92. The summed E-state index contributed by atoms with van der Waals surface area (Å²) in [5.74, 6) is -0.792. The van der Waals surface area contributed by atoms with Gasteiger partial charge in [-0.05, 0) is 63.4 Å². The number of nitrogens with zero attached hydrogens (tertiary/aromatic N) is 2. The van der Waals surface area contributed by atoms with Crippen molar-refractivity contribution in [3.8, 4) is 0 Å². The monoisotopic (exact) mass is 507 g/mol. The summed E-state index contributed by atoms with van der Waals surface area (Å²) < 4.78 is 26.4. The van der Waals surface area contributed by atoms with Gasteiger partial charge in [0, 0.05) is 17.6 Å². The summed E-state index contributed by atoms with van der Waals surface area (Å²) >= 11 is 6.12. The molecule has 0 saturated heterocycles. The van der Waals surface area contributed by atoms with Crippen LogP contribution < -0.4 is 9.62 Å². The minimum atomic E-state index is -3.77. The number of anilines is 1. The van der Waals surface area contributed by atoms with Crippen molar-refractivity contribution in [1.29, 1.82) is 0 Å². The van der Waals surface area contributed by atoms with Gasteiger partial charge in [0.15, 0.2) is 0 Å². The Morgan fingerprint density at radius 1 is 1.09 bits per heavy atom.